The Hall–Kier alpha value is -0.610. The van der Waals surface area contributed by atoms with Crippen molar-refractivity contribution in [3.05, 3.63) is 0 Å². The molecule has 4 heteroatoms. The molecule has 1 rings (SSSR count). The predicted molar refractivity (Wildman–Crippen MR) is 59.4 cm³/mol. The van der Waals surface area contributed by atoms with Gasteiger partial charge < -0.3 is 15.8 Å². The van der Waals surface area contributed by atoms with E-state index in [1.807, 2.05) is 13.8 Å². The number of rotatable bonds is 5. The summed E-state index contributed by atoms with van der Waals surface area (Å²) >= 11 is 0. The molecule has 1 aliphatic heterocycles. The van der Waals surface area contributed by atoms with Crippen molar-refractivity contribution in [2.24, 2.45) is 11.7 Å². The lowest BCUT2D eigenvalue weighted by Gasteiger charge is -2.21. The van der Waals surface area contributed by atoms with Crippen LogP contribution in [0.25, 0.3) is 0 Å². The van der Waals surface area contributed by atoms with Crippen LogP contribution in [0, 0.1) is 5.92 Å². The average Bonchev–Trinajstić information content (AvgIpc) is 2.70. The van der Waals surface area contributed by atoms with E-state index in [1.165, 1.54) is 0 Å². The quantitative estimate of drug-likeness (QED) is 0.706. The second kappa shape index (κ2) is 6.08. The van der Waals surface area contributed by atoms with Gasteiger partial charge in [-0.3, -0.25) is 4.79 Å². The van der Waals surface area contributed by atoms with Crippen LogP contribution in [0.15, 0.2) is 0 Å². The van der Waals surface area contributed by atoms with Gasteiger partial charge in [-0.05, 0) is 19.8 Å². The van der Waals surface area contributed by atoms with E-state index in [0.717, 1.165) is 32.5 Å². The molecule has 1 heterocycles. The number of ether oxygens (including phenoxy) is 1. The van der Waals surface area contributed by atoms with Gasteiger partial charge in [0.2, 0.25) is 5.91 Å². The summed E-state index contributed by atoms with van der Waals surface area (Å²) in [5, 5.41) is 2.96. The van der Waals surface area contributed by atoms with Gasteiger partial charge in [0.05, 0.1) is 12.6 Å². The summed E-state index contributed by atoms with van der Waals surface area (Å²) in [6.45, 7) is 5.62. The van der Waals surface area contributed by atoms with Crippen molar-refractivity contribution < 1.29 is 9.53 Å². The number of hydrogen-bond acceptors (Lipinski definition) is 3. The highest BCUT2D eigenvalue weighted by atomic mass is 16.5. The lowest BCUT2D eigenvalue weighted by molar-refractivity contribution is -0.123. The van der Waals surface area contributed by atoms with Crippen LogP contribution in [-0.4, -0.2) is 31.2 Å². The molecule has 4 nitrogen and oxygen atoms in total. The molecule has 2 unspecified atom stereocenters. The van der Waals surface area contributed by atoms with Crippen LogP contribution in [-0.2, 0) is 9.53 Å². The zero-order chi connectivity index (χ0) is 11.3. The van der Waals surface area contributed by atoms with Crippen molar-refractivity contribution in [2.75, 3.05) is 13.2 Å². The van der Waals surface area contributed by atoms with Crippen LogP contribution in [0.1, 0.15) is 33.1 Å². The van der Waals surface area contributed by atoms with Gasteiger partial charge in [-0.2, -0.15) is 0 Å². The van der Waals surface area contributed by atoms with Gasteiger partial charge >= 0.3 is 0 Å². The Morgan fingerprint density at radius 3 is 2.93 bits per heavy atom. The third-order valence-corrected chi connectivity index (χ3v) is 2.98. The Labute approximate surface area is 91.5 Å². The van der Waals surface area contributed by atoms with E-state index in [-0.39, 0.29) is 18.0 Å². The maximum Gasteiger partial charge on any atom is 0.237 e. The van der Waals surface area contributed by atoms with Crippen LogP contribution < -0.4 is 11.1 Å². The number of hydrogen-bond donors (Lipinski definition) is 2. The first kappa shape index (κ1) is 12.5. The Morgan fingerprint density at radius 1 is 1.67 bits per heavy atom. The molecule has 0 aromatic heterocycles. The van der Waals surface area contributed by atoms with Gasteiger partial charge in [0, 0.05) is 18.6 Å². The Balaban J connectivity index is 2.29. The predicted octanol–water partition coefficient (Wildman–Crippen LogP) is 0.655. The van der Waals surface area contributed by atoms with E-state index in [9.17, 15) is 4.79 Å². The molecule has 15 heavy (non-hydrogen) atoms. The minimum absolute atomic E-state index is 0.0312. The number of nitrogens with two attached hydrogens (primary N) is 1. The van der Waals surface area contributed by atoms with Gasteiger partial charge in [-0.25, -0.2) is 0 Å². The van der Waals surface area contributed by atoms with Gasteiger partial charge in [-0.1, -0.05) is 13.3 Å². The molecule has 0 aromatic rings. The van der Waals surface area contributed by atoms with Crippen LogP contribution in [0.5, 0.6) is 0 Å². The molecule has 1 aliphatic rings. The summed E-state index contributed by atoms with van der Waals surface area (Å²) in [5.41, 5.74) is 5.73. The lowest BCUT2D eigenvalue weighted by atomic mass is 10.00. The third kappa shape index (κ3) is 3.80. The lowest BCUT2D eigenvalue weighted by Crippen LogP contribution is -2.46. The van der Waals surface area contributed by atoms with Crippen molar-refractivity contribution >= 4 is 5.91 Å². The molecule has 1 fully saturated rings. The first-order chi connectivity index (χ1) is 7.15. The molecule has 1 amide bonds. The van der Waals surface area contributed by atoms with Crippen molar-refractivity contribution in [3.63, 3.8) is 0 Å². The summed E-state index contributed by atoms with van der Waals surface area (Å²) in [6.07, 6.45) is 2.72. The summed E-state index contributed by atoms with van der Waals surface area (Å²) in [7, 11) is 0. The normalized spacial score (nSPS) is 24.9. The minimum Gasteiger partial charge on any atom is -0.381 e. The van der Waals surface area contributed by atoms with E-state index >= 15 is 0 Å². The zero-order valence-electron chi connectivity index (χ0n) is 9.66. The van der Waals surface area contributed by atoms with Gasteiger partial charge in [0.15, 0.2) is 0 Å². The first-order valence-corrected chi connectivity index (χ1v) is 5.78. The van der Waals surface area contributed by atoms with Gasteiger partial charge in [0.1, 0.15) is 0 Å². The molecule has 0 spiro atoms. The standard InChI is InChI=1S/C11H22N2O2/c1-3-4-10(12)11(14)13-8(2)9-5-6-15-7-9/h8-10H,3-7,12H2,1-2H3,(H,13,14)/t8?,9?,10-/m0/s1. The first-order valence-electron chi connectivity index (χ1n) is 5.78. The molecule has 0 bridgehead atoms. The highest BCUT2D eigenvalue weighted by molar-refractivity contribution is 5.81. The maximum atomic E-state index is 11.6. The molecule has 0 aliphatic carbocycles. The maximum absolute atomic E-state index is 11.6. The number of carbonyl (C=O) groups excluding carboxylic acids is 1. The fraction of sp³-hybridized carbons (Fsp3) is 0.909. The summed E-state index contributed by atoms with van der Waals surface area (Å²) in [6, 6.07) is -0.192. The van der Waals surface area contributed by atoms with E-state index in [2.05, 4.69) is 5.32 Å². The highest BCUT2D eigenvalue weighted by Crippen LogP contribution is 2.16. The topological polar surface area (TPSA) is 64.4 Å². The van der Waals surface area contributed by atoms with Gasteiger partial charge in [0.25, 0.3) is 0 Å². The summed E-state index contributed by atoms with van der Waals surface area (Å²) in [5.74, 6) is 0.416. The number of amides is 1. The molecule has 0 saturated carbocycles. The van der Waals surface area contributed by atoms with Crippen molar-refractivity contribution in [1.29, 1.82) is 0 Å². The van der Waals surface area contributed by atoms with Crippen LogP contribution in [0.4, 0.5) is 0 Å². The Morgan fingerprint density at radius 2 is 2.40 bits per heavy atom. The molecule has 3 N–H and O–H groups in total. The van der Waals surface area contributed by atoms with Crippen LogP contribution >= 0.6 is 0 Å². The molecule has 3 atom stereocenters. The molecule has 0 aromatic carbocycles. The zero-order valence-corrected chi connectivity index (χ0v) is 9.66. The summed E-state index contributed by atoms with van der Waals surface area (Å²) < 4.78 is 5.29. The fourth-order valence-corrected chi connectivity index (χ4v) is 1.84. The largest absolute Gasteiger partial charge is 0.381 e. The smallest absolute Gasteiger partial charge is 0.237 e. The van der Waals surface area contributed by atoms with Crippen molar-refractivity contribution in [1.82, 2.24) is 5.32 Å². The molecule has 1 saturated heterocycles. The minimum atomic E-state index is -0.361. The Bertz CT molecular complexity index is 203. The molecule has 88 valence electrons. The van der Waals surface area contributed by atoms with Crippen LogP contribution in [0.3, 0.4) is 0 Å². The highest BCUT2D eigenvalue weighted by Gasteiger charge is 2.24. The van der Waals surface area contributed by atoms with Crippen molar-refractivity contribution in [3.8, 4) is 0 Å². The molecular formula is C11H22N2O2. The number of carbonyl (C=O) groups is 1. The molecule has 0 radical (unpaired) electrons. The third-order valence-electron chi connectivity index (χ3n) is 2.98. The SMILES string of the molecule is CCC[C@H](N)C(=O)NC(C)C1CCOC1. The van der Waals surface area contributed by atoms with Gasteiger partial charge in [-0.15, -0.1) is 0 Å². The monoisotopic (exact) mass is 214 g/mol. The van der Waals surface area contributed by atoms with E-state index in [0.29, 0.717) is 5.92 Å². The number of nitrogens with one attached hydrogen (secondary N) is 1. The van der Waals surface area contributed by atoms with Crippen molar-refractivity contribution in [2.45, 2.75) is 45.2 Å². The van der Waals surface area contributed by atoms with E-state index in [4.69, 9.17) is 10.5 Å². The van der Waals surface area contributed by atoms with E-state index < -0.39 is 0 Å². The van der Waals surface area contributed by atoms with E-state index in [1.54, 1.807) is 0 Å². The average molecular weight is 214 g/mol. The summed E-state index contributed by atoms with van der Waals surface area (Å²) in [4.78, 5) is 11.6. The fourth-order valence-electron chi connectivity index (χ4n) is 1.84. The Kier molecular flexibility index (Phi) is 5.05. The second-order valence-electron chi connectivity index (χ2n) is 4.32. The second-order valence-corrected chi connectivity index (χ2v) is 4.32. The molecular weight excluding hydrogens is 192 g/mol. The van der Waals surface area contributed by atoms with Crippen LogP contribution in [0.2, 0.25) is 0 Å².